The van der Waals surface area contributed by atoms with Gasteiger partial charge in [0, 0.05) is 0 Å². The summed E-state index contributed by atoms with van der Waals surface area (Å²) in [4.78, 5) is 0. The monoisotopic (exact) mass is 229 g/mol. The molecule has 0 saturated carbocycles. The zero-order valence-electron chi connectivity index (χ0n) is 4.45. The molecule has 1 radical (unpaired) electrons. The molecule has 1 nitrogen and oxygen atoms in total. The zero-order valence-corrected chi connectivity index (χ0v) is 8.06. The van der Waals surface area contributed by atoms with Crippen LogP contribution in [0.4, 0.5) is 0 Å². The fourth-order valence-corrected chi connectivity index (χ4v) is 3.06. The van der Waals surface area contributed by atoms with Crippen molar-refractivity contribution in [3.8, 4) is 0 Å². The Hall–Kier alpha value is 1.05. The Morgan fingerprint density at radius 2 is 2.29 bits per heavy atom. The number of hydrogen-bond acceptors (Lipinski definition) is 1. The van der Waals surface area contributed by atoms with Crippen LogP contribution in [0.15, 0.2) is 0 Å². The van der Waals surface area contributed by atoms with Gasteiger partial charge in [0.2, 0.25) is 0 Å². The van der Waals surface area contributed by atoms with Gasteiger partial charge in [-0.2, -0.15) is 0 Å². The number of rotatable bonds is 3. The Labute approximate surface area is 55.7 Å². The van der Waals surface area contributed by atoms with E-state index in [0.717, 1.165) is 17.3 Å². The van der Waals surface area contributed by atoms with Crippen LogP contribution in [0.25, 0.3) is 0 Å². The van der Waals surface area contributed by atoms with E-state index in [9.17, 15) is 0 Å². The molecule has 3 heteroatoms. The second-order valence-corrected chi connectivity index (χ2v) is 7.98. The fraction of sp³-hybridized carbons (Fsp3) is 1.00. The Morgan fingerprint density at radius 1 is 1.71 bits per heavy atom. The summed E-state index contributed by atoms with van der Waals surface area (Å²) in [6.07, 6.45) is 2.26. The van der Waals surface area contributed by atoms with Gasteiger partial charge < -0.3 is 0 Å². The first-order valence-corrected chi connectivity index (χ1v) is 9.38. The van der Waals surface area contributed by atoms with Crippen molar-refractivity contribution < 1.29 is 3.44 Å². The maximum atomic E-state index is 8.65. The first-order valence-electron chi connectivity index (χ1n) is 2.47. The van der Waals surface area contributed by atoms with E-state index in [-0.39, 0.29) is 0 Å². The Kier molecular flexibility index (Phi) is 5.97. The van der Waals surface area contributed by atoms with Crippen molar-refractivity contribution in [1.82, 2.24) is 0 Å². The van der Waals surface area contributed by atoms with Crippen molar-refractivity contribution >= 4 is 28.0 Å². The molecule has 0 bridgehead atoms. The molecule has 0 aromatic rings. The molecule has 0 aromatic heterocycles. The third kappa shape index (κ3) is 7.05. The van der Waals surface area contributed by atoms with Gasteiger partial charge in [0.25, 0.3) is 0 Å². The minimum atomic E-state index is -2.17. The summed E-state index contributed by atoms with van der Waals surface area (Å²) in [5, 5.41) is 0. The summed E-state index contributed by atoms with van der Waals surface area (Å²) in [5.41, 5.74) is 0. The van der Waals surface area contributed by atoms with Crippen LogP contribution < -0.4 is 0 Å². The van der Waals surface area contributed by atoms with E-state index in [0.29, 0.717) is 0 Å². The van der Waals surface area contributed by atoms with Gasteiger partial charge in [-0.25, -0.2) is 0 Å². The number of halogens is 1. The van der Waals surface area contributed by atoms with Crippen LogP contribution in [0, 0.1) is 0 Å². The van der Waals surface area contributed by atoms with E-state index >= 15 is 0 Å². The summed E-state index contributed by atoms with van der Waals surface area (Å²) in [6.45, 7) is 2.10. The second-order valence-electron chi connectivity index (χ2n) is 1.48. The molecule has 0 atom stereocenters. The van der Waals surface area contributed by atoms with Crippen molar-refractivity contribution in [1.29, 1.82) is 0 Å². The van der Waals surface area contributed by atoms with Crippen LogP contribution >= 0.6 is 8.92 Å². The van der Waals surface area contributed by atoms with Crippen molar-refractivity contribution in [2.24, 2.45) is 0 Å². The van der Waals surface area contributed by atoms with Crippen LogP contribution in [0.2, 0.25) is 4.44 Å². The molecule has 0 aliphatic heterocycles. The molecular formula is C4H10ClOSn. The zero-order chi connectivity index (χ0) is 5.70. The van der Waals surface area contributed by atoms with Gasteiger partial charge in [-0.3, -0.25) is 0 Å². The number of hydrogen-bond donors (Lipinski definition) is 1. The van der Waals surface area contributed by atoms with E-state index in [1.54, 1.807) is 0 Å². The third-order valence-corrected chi connectivity index (χ3v) is 4.19. The predicted molar refractivity (Wildman–Crippen MR) is 33.5 cm³/mol. The second kappa shape index (κ2) is 5.19. The molecule has 0 aromatic carbocycles. The average molecular weight is 228 g/mol. The summed E-state index contributed by atoms with van der Waals surface area (Å²) in [5.74, 6) is 0. The average Bonchev–Trinajstić information content (AvgIpc) is 1.61. The van der Waals surface area contributed by atoms with Crippen molar-refractivity contribution in [3.05, 3.63) is 0 Å². The van der Waals surface area contributed by atoms with Gasteiger partial charge in [-0.05, 0) is 0 Å². The molecular weight excluding hydrogens is 218 g/mol. The quantitative estimate of drug-likeness (QED) is 0.726. The van der Waals surface area contributed by atoms with Crippen molar-refractivity contribution in [2.45, 2.75) is 24.2 Å². The van der Waals surface area contributed by atoms with Crippen LogP contribution in [-0.4, -0.2) is 22.5 Å². The van der Waals surface area contributed by atoms with Crippen LogP contribution in [0.3, 0.4) is 0 Å². The molecule has 0 saturated heterocycles. The molecule has 43 valence electrons. The first kappa shape index (κ1) is 8.05. The third-order valence-electron chi connectivity index (χ3n) is 0.737. The summed E-state index contributed by atoms with van der Waals surface area (Å²) in [7, 11) is 5.41. The molecule has 0 aliphatic carbocycles. The SMILES string of the molecule is CCC[CH2][Sn]([OH])[Cl]. The van der Waals surface area contributed by atoms with Crippen molar-refractivity contribution in [3.63, 3.8) is 0 Å². The molecule has 0 unspecified atom stereocenters. The fourth-order valence-electron chi connectivity index (χ4n) is 0.323. The van der Waals surface area contributed by atoms with Gasteiger partial charge >= 0.3 is 55.6 Å². The standard InChI is InChI=1S/C4H9.ClH.H2O.Sn/c1-3-4-2;;;/h1,3-4H2,2H3;1H;1H2;/q;;;+2/p-2. The van der Waals surface area contributed by atoms with E-state index in [1.165, 1.54) is 0 Å². The molecule has 0 aliphatic rings. The Bertz CT molecular complexity index is 40.7. The summed E-state index contributed by atoms with van der Waals surface area (Å²) < 4.78 is 9.56. The molecule has 0 spiro atoms. The van der Waals surface area contributed by atoms with Gasteiger partial charge in [0.1, 0.15) is 0 Å². The molecule has 0 fully saturated rings. The molecule has 0 heterocycles. The van der Waals surface area contributed by atoms with Gasteiger partial charge in [-0.15, -0.1) is 0 Å². The van der Waals surface area contributed by atoms with E-state index < -0.39 is 19.0 Å². The minimum absolute atomic E-state index is 0.917. The Balaban J connectivity index is 2.68. The van der Waals surface area contributed by atoms with Gasteiger partial charge in [-0.1, -0.05) is 0 Å². The first-order chi connectivity index (χ1) is 3.27. The van der Waals surface area contributed by atoms with E-state index in [1.807, 2.05) is 0 Å². The maximum absolute atomic E-state index is 8.65. The van der Waals surface area contributed by atoms with Crippen molar-refractivity contribution in [2.75, 3.05) is 0 Å². The Morgan fingerprint density at radius 3 is 2.43 bits per heavy atom. The van der Waals surface area contributed by atoms with Gasteiger partial charge in [0.15, 0.2) is 0 Å². The summed E-state index contributed by atoms with van der Waals surface area (Å²) in [6, 6.07) is 0. The topological polar surface area (TPSA) is 20.2 Å². The molecule has 0 amide bonds. The van der Waals surface area contributed by atoms with E-state index in [4.69, 9.17) is 12.4 Å². The van der Waals surface area contributed by atoms with Crippen LogP contribution in [0.5, 0.6) is 0 Å². The van der Waals surface area contributed by atoms with Crippen LogP contribution in [0.1, 0.15) is 19.8 Å². The van der Waals surface area contributed by atoms with E-state index in [2.05, 4.69) is 6.92 Å². The molecule has 7 heavy (non-hydrogen) atoms. The molecule has 0 rings (SSSR count). The van der Waals surface area contributed by atoms with Gasteiger partial charge in [0.05, 0.1) is 0 Å². The van der Waals surface area contributed by atoms with Crippen LogP contribution in [-0.2, 0) is 0 Å². The number of unbranched alkanes of at least 4 members (excludes halogenated alkanes) is 1. The summed E-state index contributed by atoms with van der Waals surface area (Å²) >= 11 is -2.17. The predicted octanol–water partition coefficient (Wildman–Crippen LogP) is 1.51. The normalized spacial score (nSPS) is 10.3. The molecule has 1 N–H and O–H groups in total.